The summed E-state index contributed by atoms with van der Waals surface area (Å²) in [5, 5.41) is 3.77. The summed E-state index contributed by atoms with van der Waals surface area (Å²) >= 11 is 10.7. The molecule has 1 aromatic heterocycles. The van der Waals surface area contributed by atoms with Gasteiger partial charge in [0.05, 0.1) is 0 Å². The van der Waals surface area contributed by atoms with E-state index in [0.29, 0.717) is 17.3 Å². The van der Waals surface area contributed by atoms with Gasteiger partial charge in [-0.25, -0.2) is 9.69 Å². The number of carbonyl (C=O) groups excluding carboxylic acids is 3. The lowest BCUT2D eigenvalue weighted by Gasteiger charge is -2.31. The number of imide groups is 1. The van der Waals surface area contributed by atoms with Gasteiger partial charge in [-0.3, -0.25) is 19.3 Å². The van der Waals surface area contributed by atoms with Gasteiger partial charge in [0.25, 0.3) is 11.8 Å². The number of halogens is 2. The minimum Gasteiger partial charge on any atom is -0.443 e. The van der Waals surface area contributed by atoms with Gasteiger partial charge in [-0.2, -0.15) is 0 Å². The van der Waals surface area contributed by atoms with Crippen LogP contribution in [0.2, 0.25) is 5.02 Å². The van der Waals surface area contributed by atoms with Gasteiger partial charge in [0, 0.05) is 52.0 Å². The zero-order valence-corrected chi connectivity index (χ0v) is 22.9. The van der Waals surface area contributed by atoms with Gasteiger partial charge >= 0.3 is 6.09 Å². The number of pyridine rings is 1. The molecule has 1 aromatic carbocycles. The maximum absolute atomic E-state index is 13.3. The Hall–Kier alpha value is -2.56. The normalized spacial score (nSPS) is 14.1. The Morgan fingerprint density at radius 1 is 1.29 bits per heavy atom. The van der Waals surface area contributed by atoms with Crippen molar-refractivity contribution in [3.8, 4) is 0 Å². The number of nitrogens with zero attached hydrogens (tertiary/aromatic N) is 2. The van der Waals surface area contributed by atoms with Gasteiger partial charge in [-0.1, -0.05) is 17.7 Å². The molecule has 11 heteroatoms. The number of ether oxygens (including phenoxy) is 1. The first-order valence-corrected chi connectivity index (χ1v) is 12.8. The van der Waals surface area contributed by atoms with Crippen molar-refractivity contribution in [2.24, 2.45) is 0 Å². The van der Waals surface area contributed by atoms with E-state index < -0.39 is 23.5 Å². The van der Waals surface area contributed by atoms with Gasteiger partial charge in [-0.15, -0.1) is 0 Å². The summed E-state index contributed by atoms with van der Waals surface area (Å²) in [5.41, 5.74) is 1.23. The second-order valence-corrected chi connectivity index (χ2v) is 10.9. The van der Waals surface area contributed by atoms with Crippen LogP contribution in [0.4, 0.5) is 4.79 Å². The van der Waals surface area contributed by atoms with Crippen LogP contribution in [0.15, 0.2) is 57.3 Å². The molecule has 2 aromatic rings. The second kappa shape index (κ2) is 11.5. The molecule has 0 fully saturated rings. The first-order chi connectivity index (χ1) is 16.5. The van der Waals surface area contributed by atoms with Gasteiger partial charge in [0.2, 0.25) is 0 Å². The van der Waals surface area contributed by atoms with Crippen molar-refractivity contribution in [2.45, 2.75) is 51.2 Å². The minimum atomic E-state index is -0.790. The average Bonchev–Trinajstić information content (AvgIpc) is 2.78. The zero-order chi connectivity index (χ0) is 25.8. The number of nitrogens with one attached hydrogen (secondary N) is 2. The summed E-state index contributed by atoms with van der Waals surface area (Å²) in [5.74, 6) is -1.34. The third-order valence-electron chi connectivity index (χ3n) is 5.01. The fourth-order valence-electron chi connectivity index (χ4n) is 3.22. The van der Waals surface area contributed by atoms with Crippen molar-refractivity contribution >= 4 is 57.4 Å². The van der Waals surface area contributed by atoms with Crippen molar-refractivity contribution in [3.05, 3.63) is 68.6 Å². The molecule has 0 aliphatic carbocycles. The SMILES string of the molecule is Cc1c(Cl)cccc1SNC(=O)C1=C(NCc2ccncc2Br)CCN(C(=O)OC(C)(C)C)C1=O. The molecule has 8 nitrogen and oxygen atoms in total. The van der Waals surface area contributed by atoms with Crippen molar-refractivity contribution in [2.75, 3.05) is 6.54 Å². The molecule has 0 saturated heterocycles. The summed E-state index contributed by atoms with van der Waals surface area (Å²) in [6.07, 6.45) is 2.81. The monoisotopic (exact) mass is 580 g/mol. The number of hydrogen-bond acceptors (Lipinski definition) is 7. The molecule has 0 atom stereocenters. The first kappa shape index (κ1) is 27.0. The third kappa shape index (κ3) is 6.99. The molecule has 1 aliphatic heterocycles. The van der Waals surface area contributed by atoms with Crippen LogP contribution in [-0.4, -0.2) is 39.9 Å². The number of amides is 3. The molecule has 2 N–H and O–H groups in total. The van der Waals surface area contributed by atoms with Gasteiger partial charge < -0.3 is 10.1 Å². The van der Waals surface area contributed by atoms with E-state index in [1.54, 1.807) is 45.3 Å². The van der Waals surface area contributed by atoms with E-state index >= 15 is 0 Å². The molecule has 0 unspecified atom stereocenters. The highest BCUT2D eigenvalue weighted by atomic mass is 79.9. The fourth-order valence-corrected chi connectivity index (χ4v) is 4.55. The largest absolute Gasteiger partial charge is 0.443 e. The molecular weight excluding hydrogens is 556 g/mol. The fraction of sp³-hybridized carbons (Fsp3) is 0.333. The van der Waals surface area contributed by atoms with E-state index in [1.807, 2.05) is 19.1 Å². The van der Waals surface area contributed by atoms with E-state index in [4.69, 9.17) is 16.3 Å². The maximum atomic E-state index is 13.3. The molecule has 35 heavy (non-hydrogen) atoms. The minimum absolute atomic E-state index is 0.0882. The lowest BCUT2D eigenvalue weighted by Crippen LogP contribution is -2.48. The Labute approximate surface area is 222 Å². The van der Waals surface area contributed by atoms with E-state index in [9.17, 15) is 14.4 Å². The summed E-state index contributed by atoms with van der Waals surface area (Å²) < 4.78 is 8.88. The standard InChI is InChI=1S/C24H26BrClN4O4S/c1-14-17(26)6-5-7-19(14)35-29-21(31)20-18(28-12-15-8-10-27-13-16(15)25)9-11-30(22(20)32)23(33)34-24(2,3)4/h5-8,10,13,28H,9,11-12H2,1-4H3,(H,29,31). The highest BCUT2D eigenvalue weighted by Crippen LogP contribution is 2.27. The lowest BCUT2D eigenvalue weighted by atomic mass is 10.0. The van der Waals surface area contributed by atoms with Crippen LogP contribution in [-0.2, 0) is 20.9 Å². The Bertz CT molecular complexity index is 1180. The average molecular weight is 582 g/mol. The highest BCUT2D eigenvalue weighted by Gasteiger charge is 2.37. The smallest absolute Gasteiger partial charge is 0.417 e. The molecule has 0 bridgehead atoms. The van der Waals surface area contributed by atoms with E-state index in [-0.39, 0.29) is 18.5 Å². The van der Waals surface area contributed by atoms with E-state index in [1.165, 1.54) is 0 Å². The third-order valence-corrected chi connectivity index (χ3v) is 7.08. The number of hydrogen-bond donors (Lipinski definition) is 2. The quantitative estimate of drug-likeness (QED) is 0.360. The van der Waals surface area contributed by atoms with E-state index in [0.717, 1.165) is 37.3 Å². The molecular formula is C24H26BrClN4O4S. The van der Waals surface area contributed by atoms with Crippen molar-refractivity contribution < 1.29 is 19.1 Å². The molecule has 186 valence electrons. The second-order valence-electron chi connectivity index (χ2n) is 8.76. The van der Waals surface area contributed by atoms with Crippen molar-refractivity contribution in [3.63, 3.8) is 0 Å². The first-order valence-electron chi connectivity index (χ1n) is 10.8. The summed E-state index contributed by atoms with van der Waals surface area (Å²) in [6, 6.07) is 7.18. The van der Waals surface area contributed by atoms with Crippen LogP contribution in [0.5, 0.6) is 0 Å². The number of aromatic nitrogens is 1. The number of benzene rings is 1. The van der Waals surface area contributed by atoms with Gasteiger partial charge in [0.1, 0.15) is 11.2 Å². The maximum Gasteiger partial charge on any atom is 0.417 e. The molecule has 0 radical (unpaired) electrons. The highest BCUT2D eigenvalue weighted by molar-refractivity contribution is 9.10. The predicted octanol–water partition coefficient (Wildman–Crippen LogP) is 5.14. The summed E-state index contributed by atoms with van der Waals surface area (Å²) in [6.45, 7) is 7.43. The van der Waals surface area contributed by atoms with Gasteiger partial charge in [0.15, 0.2) is 0 Å². The van der Waals surface area contributed by atoms with Crippen LogP contribution in [0.25, 0.3) is 0 Å². The van der Waals surface area contributed by atoms with Crippen molar-refractivity contribution in [1.82, 2.24) is 19.9 Å². The Balaban J connectivity index is 1.86. The zero-order valence-electron chi connectivity index (χ0n) is 19.8. The van der Waals surface area contributed by atoms with Gasteiger partial charge in [-0.05, 0) is 84.9 Å². The topological polar surface area (TPSA) is 101 Å². The Morgan fingerprint density at radius 2 is 2.03 bits per heavy atom. The van der Waals surface area contributed by atoms with Crippen LogP contribution in [0, 0.1) is 6.92 Å². The van der Waals surface area contributed by atoms with Crippen molar-refractivity contribution in [1.29, 1.82) is 0 Å². The molecule has 1 aliphatic rings. The lowest BCUT2D eigenvalue weighted by molar-refractivity contribution is -0.130. The molecule has 3 rings (SSSR count). The number of rotatable bonds is 6. The van der Waals surface area contributed by atoms with Crippen LogP contribution < -0.4 is 10.0 Å². The van der Waals surface area contributed by atoms with Crippen LogP contribution in [0.3, 0.4) is 0 Å². The predicted molar refractivity (Wildman–Crippen MR) is 139 cm³/mol. The Morgan fingerprint density at radius 3 is 2.71 bits per heavy atom. The Kier molecular flexibility index (Phi) is 8.84. The molecule has 3 amide bonds. The summed E-state index contributed by atoms with van der Waals surface area (Å²) in [7, 11) is 0. The molecule has 0 spiro atoms. The molecule has 0 saturated carbocycles. The van der Waals surface area contributed by atoms with E-state index in [2.05, 4.69) is 31.0 Å². The number of carbonyl (C=O) groups is 3. The molecule has 2 heterocycles. The van der Waals surface area contributed by atoms with Crippen LogP contribution in [0.1, 0.15) is 38.3 Å². The van der Waals surface area contributed by atoms with Crippen LogP contribution >= 0.6 is 39.5 Å². The summed E-state index contributed by atoms with van der Waals surface area (Å²) in [4.78, 5) is 45.0.